The van der Waals surface area contributed by atoms with Crippen molar-refractivity contribution in [2.75, 3.05) is 32.8 Å². The van der Waals surface area contributed by atoms with Crippen molar-refractivity contribution in [1.29, 1.82) is 0 Å². The largest absolute Gasteiger partial charge is 0.346 e. The molecule has 0 atom stereocenters. The molecule has 86 valence electrons. The second-order valence-corrected chi connectivity index (χ2v) is 4.60. The van der Waals surface area contributed by atoms with Gasteiger partial charge in [0, 0.05) is 18.5 Å². The van der Waals surface area contributed by atoms with E-state index in [9.17, 15) is 0 Å². The molecule has 2 saturated heterocycles. The summed E-state index contributed by atoms with van der Waals surface area (Å²) in [5, 5.41) is 0. The summed E-state index contributed by atoms with van der Waals surface area (Å²) < 4.78 is 11.4. The normalized spacial score (nSPS) is 27.5. The van der Waals surface area contributed by atoms with Crippen molar-refractivity contribution < 1.29 is 9.47 Å². The lowest BCUT2D eigenvalue weighted by molar-refractivity contribution is -0.188. The van der Waals surface area contributed by atoms with Crippen molar-refractivity contribution in [3.8, 4) is 0 Å². The zero-order chi connectivity index (χ0) is 10.7. The standard InChI is InChI=1S/C11H18ClNO2/c1-10(7-12)8-13-4-2-3-11(9-13)14-5-6-15-11/h7H,2-6,8-9H2,1H3. The number of likely N-dealkylation sites (tertiary alicyclic amines) is 1. The molecule has 4 heteroatoms. The molecule has 0 unspecified atom stereocenters. The van der Waals surface area contributed by atoms with E-state index in [2.05, 4.69) is 4.90 Å². The van der Waals surface area contributed by atoms with Crippen LogP contribution in [0.2, 0.25) is 0 Å². The van der Waals surface area contributed by atoms with Crippen molar-refractivity contribution in [1.82, 2.24) is 4.90 Å². The number of halogens is 1. The van der Waals surface area contributed by atoms with Crippen LogP contribution in [0.3, 0.4) is 0 Å². The van der Waals surface area contributed by atoms with Crippen LogP contribution in [-0.2, 0) is 9.47 Å². The lowest BCUT2D eigenvalue weighted by Gasteiger charge is -2.38. The van der Waals surface area contributed by atoms with Gasteiger partial charge in [-0.15, -0.1) is 0 Å². The molecular weight excluding hydrogens is 214 g/mol. The minimum absolute atomic E-state index is 0.315. The van der Waals surface area contributed by atoms with Crippen LogP contribution in [0.5, 0.6) is 0 Å². The van der Waals surface area contributed by atoms with Gasteiger partial charge >= 0.3 is 0 Å². The Morgan fingerprint density at radius 1 is 1.47 bits per heavy atom. The first kappa shape index (κ1) is 11.4. The fraction of sp³-hybridized carbons (Fsp3) is 0.818. The first-order valence-electron chi connectivity index (χ1n) is 5.50. The fourth-order valence-corrected chi connectivity index (χ4v) is 2.39. The third-order valence-electron chi connectivity index (χ3n) is 2.97. The second-order valence-electron chi connectivity index (χ2n) is 4.38. The smallest absolute Gasteiger partial charge is 0.181 e. The average Bonchev–Trinajstić information content (AvgIpc) is 2.66. The maximum atomic E-state index is 5.71. The first-order chi connectivity index (χ1) is 7.24. The first-order valence-corrected chi connectivity index (χ1v) is 5.94. The molecule has 2 heterocycles. The zero-order valence-electron chi connectivity index (χ0n) is 9.17. The summed E-state index contributed by atoms with van der Waals surface area (Å²) in [5.74, 6) is -0.315. The topological polar surface area (TPSA) is 21.7 Å². The molecule has 2 aliphatic heterocycles. The van der Waals surface area contributed by atoms with Crippen molar-refractivity contribution in [2.45, 2.75) is 25.6 Å². The minimum Gasteiger partial charge on any atom is -0.346 e. The summed E-state index contributed by atoms with van der Waals surface area (Å²) in [7, 11) is 0. The summed E-state index contributed by atoms with van der Waals surface area (Å²) in [6.07, 6.45) is 2.16. The number of hydrogen-bond donors (Lipinski definition) is 0. The van der Waals surface area contributed by atoms with E-state index in [1.807, 2.05) is 6.92 Å². The summed E-state index contributed by atoms with van der Waals surface area (Å²) in [5.41, 5.74) is 2.84. The average molecular weight is 232 g/mol. The van der Waals surface area contributed by atoms with E-state index in [0.717, 1.165) is 45.7 Å². The Morgan fingerprint density at radius 3 is 2.87 bits per heavy atom. The van der Waals surface area contributed by atoms with Crippen LogP contribution in [0.25, 0.3) is 0 Å². The lowest BCUT2D eigenvalue weighted by atomic mass is 10.0. The van der Waals surface area contributed by atoms with Gasteiger partial charge in [-0.2, -0.15) is 0 Å². The van der Waals surface area contributed by atoms with Crippen molar-refractivity contribution in [3.63, 3.8) is 0 Å². The van der Waals surface area contributed by atoms with Crippen LogP contribution in [0.1, 0.15) is 19.8 Å². The van der Waals surface area contributed by atoms with Gasteiger partial charge in [-0.05, 0) is 25.5 Å². The third kappa shape index (κ3) is 2.72. The minimum atomic E-state index is -0.315. The molecule has 2 aliphatic rings. The maximum Gasteiger partial charge on any atom is 0.181 e. The number of piperidine rings is 1. The van der Waals surface area contributed by atoms with Gasteiger partial charge in [-0.3, -0.25) is 4.90 Å². The van der Waals surface area contributed by atoms with E-state index < -0.39 is 0 Å². The molecule has 0 aromatic rings. The molecule has 0 aromatic carbocycles. The summed E-state index contributed by atoms with van der Waals surface area (Å²) in [4.78, 5) is 2.35. The van der Waals surface area contributed by atoms with Gasteiger partial charge < -0.3 is 9.47 Å². The highest BCUT2D eigenvalue weighted by Crippen LogP contribution is 2.30. The second kappa shape index (κ2) is 4.83. The van der Waals surface area contributed by atoms with Gasteiger partial charge in [0.25, 0.3) is 0 Å². The fourth-order valence-electron chi connectivity index (χ4n) is 2.33. The van der Waals surface area contributed by atoms with Gasteiger partial charge in [0.15, 0.2) is 5.79 Å². The van der Waals surface area contributed by atoms with E-state index in [1.54, 1.807) is 5.54 Å². The van der Waals surface area contributed by atoms with Crippen LogP contribution in [0.15, 0.2) is 11.1 Å². The third-order valence-corrected chi connectivity index (χ3v) is 3.34. The molecule has 0 saturated carbocycles. The molecule has 2 rings (SSSR count). The van der Waals surface area contributed by atoms with Gasteiger partial charge in [-0.25, -0.2) is 0 Å². The zero-order valence-corrected chi connectivity index (χ0v) is 9.92. The number of ether oxygens (including phenoxy) is 2. The molecule has 1 spiro atoms. The molecule has 0 bridgehead atoms. The molecule has 0 radical (unpaired) electrons. The molecular formula is C11H18ClNO2. The maximum absolute atomic E-state index is 5.71. The predicted molar refractivity (Wildman–Crippen MR) is 59.9 cm³/mol. The van der Waals surface area contributed by atoms with E-state index in [1.165, 1.54) is 5.57 Å². The Kier molecular flexibility index (Phi) is 3.67. The van der Waals surface area contributed by atoms with E-state index in [-0.39, 0.29) is 5.79 Å². The Morgan fingerprint density at radius 2 is 2.20 bits per heavy atom. The molecule has 0 N–H and O–H groups in total. The van der Waals surface area contributed by atoms with Crippen molar-refractivity contribution >= 4 is 11.6 Å². The molecule has 3 nitrogen and oxygen atoms in total. The highest BCUT2D eigenvalue weighted by atomic mass is 35.5. The van der Waals surface area contributed by atoms with Gasteiger partial charge in [-0.1, -0.05) is 11.6 Å². The number of nitrogens with zero attached hydrogens (tertiary/aromatic N) is 1. The SMILES string of the molecule is CC(=CCl)CN1CCCC2(C1)OCCO2. The lowest BCUT2D eigenvalue weighted by Crippen LogP contribution is -2.49. The highest BCUT2D eigenvalue weighted by Gasteiger charge is 2.40. The van der Waals surface area contributed by atoms with E-state index in [0.29, 0.717) is 0 Å². The van der Waals surface area contributed by atoms with Crippen molar-refractivity contribution in [2.24, 2.45) is 0 Å². The Labute approximate surface area is 96.0 Å². The Hall–Kier alpha value is -0.0900. The van der Waals surface area contributed by atoms with Crippen LogP contribution >= 0.6 is 11.6 Å². The predicted octanol–water partition coefficient (Wildman–Crippen LogP) is 1.97. The van der Waals surface area contributed by atoms with E-state index in [4.69, 9.17) is 21.1 Å². The van der Waals surface area contributed by atoms with Crippen LogP contribution in [0, 0.1) is 0 Å². The molecule has 0 aliphatic carbocycles. The van der Waals surface area contributed by atoms with Gasteiger partial charge in [0.1, 0.15) is 0 Å². The summed E-state index contributed by atoms with van der Waals surface area (Å²) >= 11 is 5.67. The molecule has 0 aromatic heterocycles. The van der Waals surface area contributed by atoms with Gasteiger partial charge in [0.2, 0.25) is 0 Å². The quantitative estimate of drug-likeness (QED) is 0.726. The Balaban J connectivity index is 1.92. The summed E-state index contributed by atoms with van der Waals surface area (Å²) in [6, 6.07) is 0. The van der Waals surface area contributed by atoms with Crippen molar-refractivity contribution in [3.05, 3.63) is 11.1 Å². The van der Waals surface area contributed by atoms with Gasteiger partial charge in [0.05, 0.1) is 19.8 Å². The number of rotatable bonds is 2. The summed E-state index contributed by atoms with van der Waals surface area (Å²) in [6.45, 7) is 6.41. The van der Waals surface area contributed by atoms with E-state index >= 15 is 0 Å². The molecule has 15 heavy (non-hydrogen) atoms. The molecule has 0 amide bonds. The monoisotopic (exact) mass is 231 g/mol. The number of hydrogen-bond acceptors (Lipinski definition) is 3. The van der Waals surface area contributed by atoms with Crippen LogP contribution in [-0.4, -0.2) is 43.5 Å². The van der Waals surface area contributed by atoms with Crippen LogP contribution < -0.4 is 0 Å². The Bertz CT molecular complexity index is 249. The highest BCUT2D eigenvalue weighted by molar-refractivity contribution is 6.25. The molecule has 2 fully saturated rings. The van der Waals surface area contributed by atoms with Crippen LogP contribution in [0.4, 0.5) is 0 Å².